The minimum absolute atomic E-state index is 0.0549. The molecule has 0 radical (unpaired) electrons. The van der Waals surface area contributed by atoms with Crippen LogP contribution in [0.2, 0.25) is 0 Å². The summed E-state index contributed by atoms with van der Waals surface area (Å²) < 4.78 is 1.20. The second-order valence-corrected chi connectivity index (χ2v) is 7.84. The lowest BCUT2D eigenvalue weighted by Crippen LogP contribution is -2.45. The Balaban J connectivity index is 1.70. The molecular formula is C15H22BrNOS. The molecular weight excluding hydrogens is 322 g/mol. The van der Waals surface area contributed by atoms with Crippen molar-refractivity contribution in [1.82, 2.24) is 4.90 Å². The Morgan fingerprint density at radius 3 is 2.84 bits per heavy atom. The molecule has 0 aromatic carbocycles. The van der Waals surface area contributed by atoms with E-state index in [4.69, 9.17) is 0 Å². The summed E-state index contributed by atoms with van der Waals surface area (Å²) in [6.07, 6.45) is 7.30. The van der Waals surface area contributed by atoms with Crippen LogP contribution in [0.5, 0.6) is 0 Å². The molecule has 1 aromatic rings. The number of thiophene rings is 1. The molecule has 0 spiro atoms. The van der Waals surface area contributed by atoms with Gasteiger partial charge in [0.05, 0.1) is 6.10 Å². The van der Waals surface area contributed by atoms with Gasteiger partial charge in [0.25, 0.3) is 0 Å². The molecule has 2 aliphatic rings. The maximum atomic E-state index is 10.2. The van der Waals surface area contributed by atoms with E-state index in [1.54, 1.807) is 0 Å². The molecule has 19 heavy (non-hydrogen) atoms. The quantitative estimate of drug-likeness (QED) is 0.895. The van der Waals surface area contributed by atoms with Gasteiger partial charge in [0.1, 0.15) is 0 Å². The number of aliphatic hydroxyl groups is 1. The Bertz CT molecular complexity index is 422. The first-order chi connectivity index (χ1) is 9.24. The summed E-state index contributed by atoms with van der Waals surface area (Å²) in [4.78, 5) is 4.06. The fourth-order valence-corrected chi connectivity index (χ4v) is 5.23. The van der Waals surface area contributed by atoms with E-state index in [9.17, 15) is 5.11 Å². The zero-order valence-electron chi connectivity index (χ0n) is 11.2. The van der Waals surface area contributed by atoms with E-state index >= 15 is 0 Å². The molecule has 1 aliphatic carbocycles. The van der Waals surface area contributed by atoms with Gasteiger partial charge in [0.2, 0.25) is 0 Å². The summed E-state index contributed by atoms with van der Waals surface area (Å²) in [5.41, 5.74) is 0. The lowest BCUT2D eigenvalue weighted by atomic mass is 9.87. The van der Waals surface area contributed by atoms with Gasteiger partial charge in [-0.2, -0.15) is 0 Å². The summed E-state index contributed by atoms with van der Waals surface area (Å²) in [6.45, 7) is 2.26. The van der Waals surface area contributed by atoms with Gasteiger partial charge in [0.15, 0.2) is 0 Å². The van der Waals surface area contributed by atoms with Crippen LogP contribution in [-0.4, -0.2) is 28.7 Å². The molecule has 3 unspecified atom stereocenters. The summed E-state index contributed by atoms with van der Waals surface area (Å²) in [7, 11) is 0. The molecule has 3 atom stereocenters. The fraction of sp³-hybridized carbons (Fsp3) is 0.733. The van der Waals surface area contributed by atoms with Gasteiger partial charge in [-0.05, 0) is 54.2 Å². The first-order valence-electron chi connectivity index (χ1n) is 7.39. The Morgan fingerprint density at radius 2 is 2.16 bits per heavy atom. The number of rotatable bonds is 3. The predicted molar refractivity (Wildman–Crippen MR) is 83.4 cm³/mol. The lowest BCUT2D eigenvalue weighted by Gasteiger charge is -2.40. The van der Waals surface area contributed by atoms with Crippen LogP contribution in [0.3, 0.4) is 0 Å². The minimum atomic E-state index is -0.0549. The van der Waals surface area contributed by atoms with Crippen LogP contribution in [0.4, 0.5) is 0 Å². The highest BCUT2D eigenvalue weighted by molar-refractivity contribution is 9.10. The lowest BCUT2D eigenvalue weighted by molar-refractivity contribution is 0.0318. The van der Waals surface area contributed by atoms with Crippen LogP contribution in [0, 0.1) is 5.92 Å². The Kier molecular flexibility index (Phi) is 4.62. The highest BCUT2D eigenvalue weighted by Crippen LogP contribution is 2.36. The Morgan fingerprint density at radius 1 is 1.26 bits per heavy atom. The third-order valence-electron chi connectivity index (χ3n) is 4.67. The molecule has 1 aliphatic heterocycles. The molecule has 2 fully saturated rings. The van der Waals surface area contributed by atoms with E-state index in [1.807, 2.05) is 11.3 Å². The normalized spacial score (nSPS) is 32.8. The number of likely N-dealkylation sites (tertiary alicyclic amines) is 1. The molecule has 1 N–H and O–H groups in total. The average Bonchev–Trinajstić information content (AvgIpc) is 2.99. The highest BCUT2D eigenvalue weighted by atomic mass is 79.9. The smallest absolute Gasteiger partial charge is 0.0583 e. The van der Waals surface area contributed by atoms with Crippen molar-refractivity contribution in [3.63, 3.8) is 0 Å². The topological polar surface area (TPSA) is 23.5 Å². The molecule has 1 saturated carbocycles. The Hall–Kier alpha value is 0.1000. The monoisotopic (exact) mass is 343 g/mol. The summed E-state index contributed by atoms with van der Waals surface area (Å²) >= 11 is 5.38. The van der Waals surface area contributed by atoms with Gasteiger partial charge >= 0.3 is 0 Å². The number of nitrogens with zero attached hydrogens (tertiary/aromatic N) is 1. The standard InChI is InChI=1S/C15H22BrNOS/c16-11-8-12(19-10-11)9-17-7-2-1-5-14(17)13-4-3-6-15(13)18/h8,10,13-15,18H,1-7,9H2. The van der Waals surface area contributed by atoms with Gasteiger partial charge in [-0.3, -0.25) is 4.90 Å². The Labute approximate surface area is 127 Å². The molecule has 0 amide bonds. The zero-order chi connectivity index (χ0) is 13.2. The van der Waals surface area contributed by atoms with E-state index in [2.05, 4.69) is 32.3 Å². The van der Waals surface area contributed by atoms with Crippen LogP contribution in [-0.2, 0) is 6.54 Å². The number of hydrogen-bond acceptors (Lipinski definition) is 3. The van der Waals surface area contributed by atoms with Gasteiger partial charge in [-0.15, -0.1) is 11.3 Å². The van der Waals surface area contributed by atoms with Gasteiger partial charge < -0.3 is 5.11 Å². The highest BCUT2D eigenvalue weighted by Gasteiger charge is 2.36. The average molecular weight is 344 g/mol. The molecule has 106 valence electrons. The molecule has 4 heteroatoms. The van der Waals surface area contributed by atoms with Crippen molar-refractivity contribution in [2.24, 2.45) is 5.92 Å². The molecule has 2 nitrogen and oxygen atoms in total. The third-order valence-corrected chi connectivity index (χ3v) is 6.35. The van der Waals surface area contributed by atoms with Crippen molar-refractivity contribution < 1.29 is 5.11 Å². The van der Waals surface area contributed by atoms with Crippen LogP contribution < -0.4 is 0 Å². The second kappa shape index (κ2) is 6.25. The largest absolute Gasteiger partial charge is 0.393 e. The second-order valence-electron chi connectivity index (χ2n) is 5.93. The summed E-state index contributed by atoms with van der Waals surface area (Å²) in [5, 5.41) is 12.4. The molecule has 0 bridgehead atoms. The molecule has 1 saturated heterocycles. The maximum absolute atomic E-state index is 10.2. The van der Waals surface area contributed by atoms with Crippen LogP contribution in [0.1, 0.15) is 43.4 Å². The van der Waals surface area contributed by atoms with Crippen LogP contribution in [0.25, 0.3) is 0 Å². The SMILES string of the molecule is OC1CCCC1C1CCCCN1Cc1cc(Br)cs1. The van der Waals surface area contributed by atoms with Gasteiger partial charge in [0, 0.05) is 33.2 Å². The van der Waals surface area contributed by atoms with Crippen molar-refractivity contribution in [2.75, 3.05) is 6.54 Å². The number of piperidine rings is 1. The zero-order valence-corrected chi connectivity index (χ0v) is 13.6. The predicted octanol–water partition coefficient (Wildman–Crippen LogP) is 4.03. The van der Waals surface area contributed by atoms with E-state index in [0.717, 1.165) is 13.0 Å². The summed E-state index contributed by atoms with van der Waals surface area (Å²) in [5.74, 6) is 0.517. The van der Waals surface area contributed by atoms with Crippen molar-refractivity contribution in [3.05, 3.63) is 20.8 Å². The van der Waals surface area contributed by atoms with E-state index in [-0.39, 0.29) is 6.10 Å². The van der Waals surface area contributed by atoms with Crippen LogP contribution in [0.15, 0.2) is 15.9 Å². The van der Waals surface area contributed by atoms with E-state index in [1.165, 1.54) is 48.0 Å². The number of halogens is 1. The number of aliphatic hydroxyl groups excluding tert-OH is 1. The van der Waals surface area contributed by atoms with Crippen molar-refractivity contribution in [1.29, 1.82) is 0 Å². The molecule has 2 heterocycles. The summed E-state index contributed by atoms with van der Waals surface area (Å²) in [6, 6.07) is 2.84. The number of hydrogen-bond donors (Lipinski definition) is 1. The van der Waals surface area contributed by atoms with Crippen molar-refractivity contribution >= 4 is 27.3 Å². The molecule has 1 aromatic heterocycles. The van der Waals surface area contributed by atoms with Gasteiger partial charge in [-0.25, -0.2) is 0 Å². The maximum Gasteiger partial charge on any atom is 0.0583 e. The van der Waals surface area contributed by atoms with E-state index in [0.29, 0.717) is 12.0 Å². The fourth-order valence-electron chi connectivity index (χ4n) is 3.75. The third kappa shape index (κ3) is 3.23. The molecule has 3 rings (SSSR count). The van der Waals surface area contributed by atoms with Crippen molar-refractivity contribution in [3.8, 4) is 0 Å². The van der Waals surface area contributed by atoms with Crippen molar-refractivity contribution in [2.45, 2.75) is 57.2 Å². The first kappa shape index (κ1) is 14.1. The minimum Gasteiger partial charge on any atom is -0.393 e. The van der Waals surface area contributed by atoms with Crippen LogP contribution >= 0.6 is 27.3 Å². The van der Waals surface area contributed by atoms with E-state index < -0.39 is 0 Å². The van der Waals surface area contributed by atoms with Gasteiger partial charge in [-0.1, -0.05) is 12.8 Å². The first-order valence-corrected chi connectivity index (χ1v) is 9.06.